The van der Waals surface area contributed by atoms with E-state index in [2.05, 4.69) is 5.32 Å². The molecule has 1 amide bonds. The molecular weight excluding hydrogens is 351 g/mol. The molecule has 0 aliphatic heterocycles. The third-order valence-electron chi connectivity index (χ3n) is 3.35. The molecule has 2 atom stereocenters. The van der Waals surface area contributed by atoms with Crippen molar-refractivity contribution in [2.24, 2.45) is 5.92 Å². The van der Waals surface area contributed by atoms with Crippen molar-refractivity contribution in [2.45, 2.75) is 58.5 Å². The van der Waals surface area contributed by atoms with E-state index in [0.29, 0.717) is 5.56 Å². The average Bonchev–Trinajstić information content (AvgIpc) is 2.50. The Morgan fingerprint density at radius 3 is 2.19 bits per heavy atom. The number of alkyl halides is 3. The molecule has 0 unspecified atom stereocenters. The van der Waals surface area contributed by atoms with Crippen LogP contribution in [0.3, 0.4) is 0 Å². The van der Waals surface area contributed by atoms with Gasteiger partial charge >= 0.3 is 18.2 Å². The number of hydrogen-bond donors (Lipinski definition) is 1. The molecule has 1 aromatic carbocycles. The molecule has 0 aliphatic rings. The molecule has 0 aliphatic carbocycles. The van der Waals surface area contributed by atoms with Crippen molar-refractivity contribution in [2.75, 3.05) is 0 Å². The largest absolute Gasteiger partial charge is 0.459 e. The summed E-state index contributed by atoms with van der Waals surface area (Å²) in [5, 5.41) is 2.18. The van der Waals surface area contributed by atoms with Crippen LogP contribution in [-0.4, -0.2) is 29.9 Å². The summed E-state index contributed by atoms with van der Waals surface area (Å²) in [6, 6.07) is 7.22. The number of rotatable bonds is 6. The van der Waals surface area contributed by atoms with Crippen molar-refractivity contribution in [3.63, 3.8) is 0 Å². The van der Waals surface area contributed by atoms with Crippen molar-refractivity contribution < 1.29 is 32.2 Å². The zero-order valence-corrected chi connectivity index (χ0v) is 15.2. The fourth-order valence-corrected chi connectivity index (χ4v) is 1.98. The van der Waals surface area contributed by atoms with Crippen LogP contribution in [-0.2, 0) is 20.9 Å². The summed E-state index contributed by atoms with van der Waals surface area (Å²) in [7, 11) is 0. The summed E-state index contributed by atoms with van der Waals surface area (Å²) < 4.78 is 48.6. The molecule has 146 valence electrons. The predicted molar refractivity (Wildman–Crippen MR) is 89.2 cm³/mol. The highest BCUT2D eigenvalue weighted by molar-refractivity contribution is 5.81. The first kappa shape index (κ1) is 21.8. The number of nitrogens with one attached hydrogen (secondary N) is 1. The minimum absolute atomic E-state index is 0.105. The normalized spacial score (nSPS) is 14.3. The zero-order chi connectivity index (χ0) is 20.0. The number of ether oxygens (including phenoxy) is 2. The lowest BCUT2D eigenvalue weighted by Gasteiger charge is -2.25. The SMILES string of the molecule is C[C@H](C[C@H](NC(=O)OC(C)(C)C)C(=O)OCc1ccccc1)C(F)(F)F. The van der Waals surface area contributed by atoms with Crippen LogP contribution >= 0.6 is 0 Å². The molecule has 1 rings (SSSR count). The van der Waals surface area contributed by atoms with Crippen LogP contribution < -0.4 is 5.32 Å². The maximum atomic E-state index is 12.8. The van der Waals surface area contributed by atoms with Crippen LogP contribution in [0, 0.1) is 5.92 Å². The van der Waals surface area contributed by atoms with E-state index in [1.54, 1.807) is 51.1 Å². The van der Waals surface area contributed by atoms with Gasteiger partial charge in [0.1, 0.15) is 18.2 Å². The topological polar surface area (TPSA) is 64.6 Å². The lowest BCUT2D eigenvalue weighted by atomic mass is 10.0. The number of halogens is 3. The first-order valence-corrected chi connectivity index (χ1v) is 8.15. The van der Waals surface area contributed by atoms with Crippen LogP contribution in [0.15, 0.2) is 30.3 Å². The summed E-state index contributed by atoms with van der Waals surface area (Å²) in [6.45, 7) is 5.65. The summed E-state index contributed by atoms with van der Waals surface area (Å²) in [4.78, 5) is 24.1. The first-order chi connectivity index (χ1) is 11.9. The Balaban J connectivity index is 2.78. The van der Waals surface area contributed by atoms with Gasteiger partial charge < -0.3 is 14.8 Å². The second-order valence-corrected chi connectivity index (χ2v) is 6.97. The van der Waals surface area contributed by atoms with Gasteiger partial charge in [-0.15, -0.1) is 0 Å². The van der Waals surface area contributed by atoms with Gasteiger partial charge in [-0.1, -0.05) is 37.3 Å². The monoisotopic (exact) mass is 375 g/mol. The second kappa shape index (κ2) is 8.91. The fraction of sp³-hybridized carbons (Fsp3) is 0.556. The highest BCUT2D eigenvalue weighted by atomic mass is 19.4. The van der Waals surface area contributed by atoms with Gasteiger partial charge in [-0.25, -0.2) is 9.59 Å². The van der Waals surface area contributed by atoms with Gasteiger partial charge in [-0.05, 0) is 32.8 Å². The molecule has 1 aromatic rings. The van der Waals surface area contributed by atoms with Gasteiger partial charge in [0.2, 0.25) is 0 Å². The molecule has 0 bridgehead atoms. The van der Waals surface area contributed by atoms with Gasteiger partial charge in [-0.2, -0.15) is 13.2 Å². The van der Waals surface area contributed by atoms with Crippen molar-refractivity contribution in [3.8, 4) is 0 Å². The van der Waals surface area contributed by atoms with Crippen LogP contribution in [0.25, 0.3) is 0 Å². The highest BCUT2D eigenvalue weighted by Crippen LogP contribution is 2.29. The summed E-state index contributed by atoms with van der Waals surface area (Å²) in [6.07, 6.45) is -6.11. The predicted octanol–water partition coefficient (Wildman–Crippen LogP) is 4.21. The maximum Gasteiger partial charge on any atom is 0.408 e. The van der Waals surface area contributed by atoms with E-state index in [1.807, 2.05) is 0 Å². The third kappa shape index (κ3) is 8.22. The maximum absolute atomic E-state index is 12.8. The van der Waals surface area contributed by atoms with Gasteiger partial charge in [-0.3, -0.25) is 0 Å². The lowest BCUT2D eigenvalue weighted by Crippen LogP contribution is -2.46. The molecule has 26 heavy (non-hydrogen) atoms. The number of carbonyl (C=O) groups is 2. The van der Waals surface area contributed by atoms with Gasteiger partial charge in [0.25, 0.3) is 0 Å². The van der Waals surface area contributed by atoms with Gasteiger partial charge in [0.15, 0.2) is 0 Å². The van der Waals surface area contributed by atoms with Crippen LogP contribution in [0.5, 0.6) is 0 Å². The number of amides is 1. The molecule has 8 heteroatoms. The number of esters is 1. The van der Waals surface area contributed by atoms with Crippen molar-refractivity contribution in [3.05, 3.63) is 35.9 Å². The van der Waals surface area contributed by atoms with E-state index in [-0.39, 0.29) is 6.61 Å². The van der Waals surface area contributed by atoms with Crippen molar-refractivity contribution in [1.29, 1.82) is 0 Å². The highest BCUT2D eigenvalue weighted by Gasteiger charge is 2.40. The Bertz CT molecular complexity index is 597. The molecule has 0 spiro atoms. The third-order valence-corrected chi connectivity index (χ3v) is 3.35. The molecule has 0 heterocycles. The molecule has 0 saturated heterocycles. The Kier molecular flexibility index (Phi) is 7.47. The van der Waals surface area contributed by atoms with Crippen LogP contribution in [0.1, 0.15) is 39.7 Å². The van der Waals surface area contributed by atoms with Gasteiger partial charge in [0, 0.05) is 0 Å². The van der Waals surface area contributed by atoms with E-state index in [0.717, 1.165) is 6.92 Å². The van der Waals surface area contributed by atoms with E-state index < -0.39 is 42.2 Å². The quantitative estimate of drug-likeness (QED) is 0.757. The number of hydrogen-bond acceptors (Lipinski definition) is 4. The summed E-state index contributed by atoms with van der Waals surface area (Å²) >= 11 is 0. The van der Waals surface area contributed by atoms with Crippen molar-refractivity contribution >= 4 is 12.1 Å². The summed E-state index contributed by atoms with van der Waals surface area (Å²) in [5.74, 6) is -2.75. The van der Waals surface area contributed by atoms with Crippen LogP contribution in [0.4, 0.5) is 18.0 Å². The molecule has 5 nitrogen and oxygen atoms in total. The van der Waals surface area contributed by atoms with E-state index in [1.165, 1.54) is 0 Å². The minimum atomic E-state index is -4.49. The van der Waals surface area contributed by atoms with Crippen LogP contribution in [0.2, 0.25) is 0 Å². The molecule has 0 radical (unpaired) electrons. The zero-order valence-electron chi connectivity index (χ0n) is 15.2. The first-order valence-electron chi connectivity index (χ1n) is 8.15. The second-order valence-electron chi connectivity index (χ2n) is 6.97. The fourth-order valence-electron chi connectivity index (χ4n) is 1.98. The molecule has 0 saturated carbocycles. The standard InChI is InChI=1S/C18H24F3NO4/c1-12(18(19,20)21)10-14(22-16(24)26-17(2,3)4)15(23)25-11-13-8-6-5-7-9-13/h5-9,12,14H,10-11H2,1-4H3,(H,22,24)/t12-,14+/m1/s1. The lowest BCUT2D eigenvalue weighted by molar-refractivity contribution is -0.175. The number of carbonyl (C=O) groups excluding carboxylic acids is 2. The Labute approximate surface area is 150 Å². The Morgan fingerprint density at radius 1 is 1.12 bits per heavy atom. The molecule has 0 aromatic heterocycles. The molecule has 0 fully saturated rings. The smallest absolute Gasteiger partial charge is 0.408 e. The van der Waals surface area contributed by atoms with E-state index in [9.17, 15) is 22.8 Å². The van der Waals surface area contributed by atoms with E-state index >= 15 is 0 Å². The van der Waals surface area contributed by atoms with E-state index in [4.69, 9.17) is 9.47 Å². The number of benzene rings is 1. The Hall–Kier alpha value is -2.25. The Morgan fingerprint density at radius 2 is 1.69 bits per heavy atom. The molecule has 1 N–H and O–H groups in total. The molecular formula is C18H24F3NO4. The summed E-state index contributed by atoms with van der Waals surface area (Å²) in [5.41, 5.74) is -0.168. The van der Waals surface area contributed by atoms with Gasteiger partial charge in [0.05, 0.1) is 5.92 Å². The average molecular weight is 375 g/mol. The number of alkyl carbamates (subject to hydrolysis) is 1. The minimum Gasteiger partial charge on any atom is -0.459 e. The van der Waals surface area contributed by atoms with Crippen molar-refractivity contribution in [1.82, 2.24) is 5.32 Å².